The van der Waals surface area contributed by atoms with Crippen molar-refractivity contribution in [3.8, 4) is 0 Å². The molecule has 172 valence electrons. The van der Waals surface area contributed by atoms with Crippen LogP contribution in [0.5, 0.6) is 0 Å². The van der Waals surface area contributed by atoms with Crippen molar-refractivity contribution in [2.24, 2.45) is 10.9 Å². The summed E-state index contributed by atoms with van der Waals surface area (Å²) in [6.07, 6.45) is 2.16. The van der Waals surface area contributed by atoms with Crippen molar-refractivity contribution in [1.29, 1.82) is 0 Å². The van der Waals surface area contributed by atoms with Gasteiger partial charge in [-0.15, -0.1) is 24.0 Å². The van der Waals surface area contributed by atoms with E-state index in [1.807, 2.05) is 6.92 Å². The minimum atomic E-state index is -3.16. The summed E-state index contributed by atoms with van der Waals surface area (Å²) in [5.41, 5.74) is 2.44. The van der Waals surface area contributed by atoms with Gasteiger partial charge in [0.15, 0.2) is 15.8 Å². The van der Waals surface area contributed by atoms with Crippen LogP contribution in [0.2, 0.25) is 0 Å². The number of rotatable bonds is 7. The number of sulfone groups is 1. The van der Waals surface area contributed by atoms with E-state index in [9.17, 15) is 8.42 Å². The molecule has 2 rings (SSSR count). The Morgan fingerprint density at radius 3 is 2.47 bits per heavy atom. The van der Waals surface area contributed by atoms with Crippen molar-refractivity contribution >= 4 is 39.8 Å². The smallest absolute Gasteiger partial charge is 0.191 e. The summed E-state index contributed by atoms with van der Waals surface area (Å²) in [5.74, 6) is 1.05. The zero-order chi connectivity index (χ0) is 21.5. The molecule has 0 radical (unpaired) electrons. The van der Waals surface area contributed by atoms with E-state index in [1.165, 1.54) is 11.1 Å². The van der Waals surface area contributed by atoms with Crippen LogP contribution in [0.25, 0.3) is 0 Å². The quantitative estimate of drug-likeness (QED) is 0.306. The molecule has 1 aliphatic rings. The van der Waals surface area contributed by atoms with Crippen LogP contribution in [0.4, 0.5) is 0 Å². The maximum Gasteiger partial charge on any atom is 0.191 e. The number of hydrogen-bond acceptors (Lipinski definition) is 4. The third-order valence-electron chi connectivity index (χ3n) is 5.28. The lowest BCUT2D eigenvalue weighted by Crippen LogP contribution is -2.42. The number of guanidine groups is 1. The van der Waals surface area contributed by atoms with Crippen LogP contribution in [-0.2, 0) is 14.6 Å². The first-order valence-electron chi connectivity index (χ1n) is 10.6. The van der Waals surface area contributed by atoms with Crippen LogP contribution in [0.15, 0.2) is 29.3 Å². The summed E-state index contributed by atoms with van der Waals surface area (Å²) in [6, 6.07) is 8.52. The number of hydrogen-bond donors (Lipinski definition) is 2. The van der Waals surface area contributed by atoms with E-state index in [0.717, 1.165) is 26.0 Å². The second kappa shape index (κ2) is 12.2. The summed E-state index contributed by atoms with van der Waals surface area (Å²) < 4.78 is 29.9. The van der Waals surface area contributed by atoms with Gasteiger partial charge < -0.3 is 15.4 Å². The van der Waals surface area contributed by atoms with E-state index in [1.54, 1.807) is 20.8 Å². The molecule has 1 saturated heterocycles. The SMILES string of the molecule is CCNC(=NCC1CCCOC1c1ccc(C)cc1)NCCS(=O)(=O)C(C)(C)C.I. The molecular formula is C22H38IN3O3S. The average Bonchev–Trinajstić information content (AvgIpc) is 2.66. The van der Waals surface area contributed by atoms with Crippen molar-refractivity contribution in [2.75, 3.05) is 32.0 Å². The molecule has 0 spiro atoms. The highest BCUT2D eigenvalue weighted by Crippen LogP contribution is 2.33. The molecule has 1 aliphatic heterocycles. The molecule has 6 nitrogen and oxygen atoms in total. The predicted molar refractivity (Wildman–Crippen MR) is 136 cm³/mol. The lowest BCUT2D eigenvalue weighted by atomic mass is 9.89. The topological polar surface area (TPSA) is 79.8 Å². The third kappa shape index (κ3) is 8.00. The fraction of sp³-hybridized carbons (Fsp3) is 0.682. The molecule has 1 aromatic rings. The van der Waals surface area contributed by atoms with Gasteiger partial charge in [0.25, 0.3) is 0 Å². The Labute approximate surface area is 199 Å². The number of nitrogens with one attached hydrogen (secondary N) is 2. The van der Waals surface area contributed by atoms with Gasteiger partial charge in [0.1, 0.15) is 0 Å². The van der Waals surface area contributed by atoms with Crippen molar-refractivity contribution in [1.82, 2.24) is 10.6 Å². The fourth-order valence-corrected chi connectivity index (χ4v) is 4.30. The van der Waals surface area contributed by atoms with Crippen LogP contribution in [0.3, 0.4) is 0 Å². The molecule has 0 amide bonds. The molecule has 0 saturated carbocycles. The Kier molecular flexibility index (Phi) is 11.1. The maximum atomic E-state index is 12.3. The number of aryl methyl sites for hydroxylation is 1. The minimum absolute atomic E-state index is 0. The summed E-state index contributed by atoms with van der Waals surface area (Å²) >= 11 is 0. The monoisotopic (exact) mass is 551 g/mol. The predicted octanol–water partition coefficient (Wildman–Crippen LogP) is 3.85. The molecule has 2 unspecified atom stereocenters. The number of halogens is 1. The Hall–Kier alpha value is -0.870. The number of benzene rings is 1. The second-order valence-electron chi connectivity index (χ2n) is 8.68. The minimum Gasteiger partial charge on any atom is -0.373 e. The highest BCUT2D eigenvalue weighted by Gasteiger charge is 2.29. The van der Waals surface area contributed by atoms with E-state index in [4.69, 9.17) is 9.73 Å². The Morgan fingerprint density at radius 1 is 1.20 bits per heavy atom. The van der Waals surface area contributed by atoms with Crippen LogP contribution < -0.4 is 10.6 Å². The average molecular weight is 552 g/mol. The van der Waals surface area contributed by atoms with E-state index >= 15 is 0 Å². The summed E-state index contributed by atoms with van der Waals surface area (Å²) in [6.45, 7) is 11.8. The van der Waals surface area contributed by atoms with Crippen LogP contribution in [0, 0.1) is 12.8 Å². The van der Waals surface area contributed by atoms with Crippen molar-refractivity contribution in [2.45, 2.75) is 58.3 Å². The van der Waals surface area contributed by atoms with Gasteiger partial charge in [-0.05, 0) is 53.0 Å². The van der Waals surface area contributed by atoms with Gasteiger partial charge >= 0.3 is 0 Å². The zero-order valence-corrected chi connectivity index (χ0v) is 22.0. The molecule has 1 fully saturated rings. The Morgan fingerprint density at radius 2 is 1.87 bits per heavy atom. The zero-order valence-electron chi connectivity index (χ0n) is 18.9. The van der Waals surface area contributed by atoms with E-state index in [2.05, 4.69) is 41.8 Å². The van der Waals surface area contributed by atoms with Gasteiger partial charge in [0.2, 0.25) is 0 Å². The van der Waals surface area contributed by atoms with Crippen molar-refractivity contribution in [3.05, 3.63) is 35.4 Å². The van der Waals surface area contributed by atoms with Gasteiger partial charge in [-0.2, -0.15) is 0 Å². The molecule has 1 heterocycles. The van der Waals surface area contributed by atoms with Gasteiger partial charge in [-0.3, -0.25) is 4.99 Å². The van der Waals surface area contributed by atoms with Crippen molar-refractivity contribution in [3.63, 3.8) is 0 Å². The third-order valence-corrected chi connectivity index (χ3v) is 7.88. The number of ether oxygens (including phenoxy) is 1. The molecule has 8 heteroatoms. The van der Waals surface area contributed by atoms with Gasteiger partial charge in [0.05, 0.1) is 16.6 Å². The van der Waals surface area contributed by atoms with Crippen LogP contribution >= 0.6 is 24.0 Å². The normalized spacial score (nSPS) is 20.4. The number of nitrogens with zero attached hydrogens (tertiary/aromatic N) is 1. The standard InChI is InChI=1S/C22H37N3O3S.HI/c1-6-23-21(24-13-15-29(26,27)22(3,4)5)25-16-19-8-7-14-28-20(19)18-11-9-17(2)10-12-18;/h9-12,19-20H,6-8,13-16H2,1-5H3,(H2,23,24,25);1H. The van der Waals surface area contributed by atoms with Gasteiger partial charge in [0, 0.05) is 32.2 Å². The summed E-state index contributed by atoms with van der Waals surface area (Å²) in [5, 5.41) is 6.38. The summed E-state index contributed by atoms with van der Waals surface area (Å²) in [7, 11) is -3.16. The lowest BCUT2D eigenvalue weighted by Gasteiger charge is -2.31. The molecule has 2 atom stereocenters. The summed E-state index contributed by atoms with van der Waals surface area (Å²) in [4.78, 5) is 4.73. The Bertz CT molecular complexity index is 774. The molecule has 0 bridgehead atoms. The second-order valence-corrected chi connectivity index (χ2v) is 11.5. The molecule has 0 aromatic heterocycles. The first-order chi connectivity index (χ1) is 13.6. The lowest BCUT2D eigenvalue weighted by molar-refractivity contribution is -0.0250. The fourth-order valence-electron chi connectivity index (χ4n) is 3.32. The van der Waals surface area contributed by atoms with Crippen LogP contribution in [-0.4, -0.2) is 51.1 Å². The highest BCUT2D eigenvalue weighted by molar-refractivity contribution is 14.0. The van der Waals surface area contributed by atoms with E-state index in [-0.39, 0.29) is 35.8 Å². The van der Waals surface area contributed by atoms with Crippen LogP contribution in [0.1, 0.15) is 57.8 Å². The first-order valence-corrected chi connectivity index (χ1v) is 12.2. The van der Waals surface area contributed by atoms with Gasteiger partial charge in [-0.1, -0.05) is 29.8 Å². The van der Waals surface area contributed by atoms with E-state index in [0.29, 0.717) is 25.0 Å². The molecule has 2 N–H and O–H groups in total. The molecule has 0 aliphatic carbocycles. The molecule has 1 aromatic carbocycles. The molecular weight excluding hydrogens is 513 g/mol. The Balaban J connectivity index is 0.00000450. The largest absolute Gasteiger partial charge is 0.373 e. The van der Waals surface area contributed by atoms with Crippen molar-refractivity contribution < 1.29 is 13.2 Å². The first kappa shape index (κ1) is 27.2. The maximum absolute atomic E-state index is 12.3. The number of aliphatic imine (C=N–C) groups is 1. The van der Waals surface area contributed by atoms with Gasteiger partial charge in [-0.25, -0.2) is 8.42 Å². The molecule has 30 heavy (non-hydrogen) atoms. The highest BCUT2D eigenvalue weighted by atomic mass is 127. The van der Waals surface area contributed by atoms with E-state index < -0.39 is 14.6 Å².